The zero-order valence-corrected chi connectivity index (χ0v) is 18.4. The van der Waals surface area contributed by atoms with E-state index in [-0.39, 0.29) is 18.9 Å². The number of benzene rings is 2. The lowest BCUT2D eigenvalue weighted by molar-refractivity contribution is -0.116. The third kappa shape index (κ3) is 6.22. The molecule has 7 heteroatoms. The number of aryl methyl sites for hydroxylation is 2. The van der Waals surface area contributed by atoms with E-state index in [0.717, 1.165) is 35.9 Å². The van der Waals surface area contributed by atoms with Crippen LogP contribution in [0.1, 0.15) is 37.8 Å². The molecule has 0 aliphatic heterocycles. The number of methoxy groups -OCH3 is 1. The predicted octanol–water partition coefficient (Wildman–Crippen LogP) is 4.00. The monoisotopic (exact) mass is 418 g/mol. The van der Waals surface area contributed by atoms with Gasteiger partial charge < -0.3 is 10.1 Å². The Balaban J connectivity index is 2.06. The second-order valence-corrected chi connectivity index (χ2v) is 8.75. The molecule has 0 saturated carbocycles. The van der Waals surface area contributed by atoms with E-state index in [9.17, 15) is 13.2 Å². The Morgan fingerprint density at radius 1 is 1.07 bits per heavy atom. The third-order valence-electron chi connectivity index (χ3n) is 4.77. The van der Waals surface area contributed by atoms with Gasteiger partial charge in [-0.05, 0) is 42.5 Å². The average molecular weight is 419 g/mol. The molecule has 29 heavy (non-hydrogen) atoms. The molecule has 0 atom stereocenters. The topological polar surface area (TPSA) is 75.7 Å². The number of sulfonamides is 1. The van der Waals surface area contributed by atoms with Crippen LogP contribution in [0.3, 0.4) is 0 Å². The van der Waals surface area contributed by atoms with Crippen molar-refractivity contribution in [1.29, 1.82) is 0 Å². The molecule has 0 heterocycles. The van der Waals surface area contributed by atoms with Gasteiger partial charge >= 0.3 is 0 Å². The first kappa shape index (κ1) is 22.7. The van der Waals surface area contributed by atoms with Gasteiger partial charge in [-0.2, -0.15) is 0 Å². The van der Waals surface area contributed by atoms with Crippen LogP contribution in [-0.4, -0.2) is 34.2 Å². The molecule has 0 aliphatic carbocycles. The van der Waals surface area contributed by atoms with E-state index in [1.807, 2.05) is 18.2 Å². The highest BCUT2D eigenvalue weighted by molar-refractivity contribution is 7.92. The Morgan fingerprint density at radius 3 is 2.24 bits per heavy atom. The summed E-state index contributed by atoms with van der Waals surface area (Å²) in [5.41, 5.74) is 3.62. The number of carbonyl (C=O) groups excluding carboxylic acids is 1. The molecule has 1 amide bonds. The maximum atomic E-state index is 12.5. The molecule has 0 radical (unpaired) electrons. The van der Waals surface area contributed by atoms with E-state index in [2.05, 4.69) is 19.2 Å². The number of carbonyl (C=O) groups is 1. The molecule has 2 rings (SSSR count). The summed E-state index contributed by atoms with van der Waals surface area (Å²) < 4.78 is 31.0. The zero-order valence-electron chi connectivity index (χ0n) is 17.6. The van der Waals surface area contributed by atoms with Crippen LogP contribution in [0.5, 0.6) is 5.75 Å². The van der Waals surface area contributed by atoms with E-state index in [0.29, 0.717) is 17.9 Å². The summed E-state index contributed by atoms with van der Waals surface area (Å²) in [6.07, 6.45) is 3.48. The highest BCUT2D eigenvalue weighted by Crippen LogP contribution is 2.25. The van der Waals surface area contributed by atoms with Crippen molar-refractivity contribution in [3.63, 3.8) is 0 Å². The fraction of sp³-hybridized carbons (Fsp3) is 0.409. The Bertz CT molecular complexity index is 919. The van der Waals surface area contributed by atoms with E-state index in [1.54, 1.807) is 24.3 Å². The lowest BCUT2D eigenvalue weighted by Crippen LogP contribution is -2.31. The molecule has 0 spiro atoms. The Hall–Kier alpha value is -2.54. The standard InChI is InChI=1S/C22H30N2O4S/c1-5-17-10-7-11-18(6-2)22(17)23-21(25)14-9-15-24(29(4,26)27)19-12-8-13-20(16-19)28-3/h7-8,10-13,16H,5-6,9,14-15H2,1-4H3,(H,23,25). The van der Waals surface area contributed by atoms with E-state index >= 15 is 0 Å². The lowest BCUT2D eigenvalue weighted by atomic mass is 10.0. The van der Waals surface area contributed by atoms with Crippen LogP contribution in [0.15, 0.2) is 42.5 Å². The van der Waals surface area contributed by atoms with Gasteiger partial charge in [0.1, 0.15) is 5.75 Å². The number of hydrogen-bond donors (Lipinski definition) is 1. The van der Waals surface area contributed by atoms with Crippen LogP contribution in [0.4, 0.5) is 11.4 Å². The maximum Gasteiger partial charge on any atom is 0.232 e. The summed E-state index contributed by atoms with van der Waals surface area (Å²) in [5.74, 6) is 0.469. The second kappa shape index (κ2) is 10.3. The maximum absolute atomic E-state index is 12.5. The number of nitrogens with zero attached hydrogens (tertiary/aromatic N) is 1. The highest BCUT2D eigenvalue weighted by atomic mass is 32.2. The minimum atomic E-state index is -3.48. The van der Waals surface area contributed by atoms with Crippen LogP contribution in [0.2, 0.25) is 0 Å². The quantitative estimate of drug-likeness (QED) is 0.633. The number of ether oxygens (including phenoxy) is 1. The van der Waals surface area contributed by atoms with Gasteiger partial charge in [0.05, 0.1) is 19.1 Å². The minimum absolute atomic E-state index is 0.111. The van der Waals surface area contributed by atoms with Gasteiger partial charge in [0.25, 0.3) is 0 Å². The molecular weight excluding hydrogens is 388 g/mol. The molecule has 0 saturated heterocycles. The van der Waals surface area contributed by atoms with Crippen molar-refractivity contribution in [1.82, 2.24) is 0 Å². The third-order valence-corrected chi connectivity index (χ3v) is 5.96. The molecule has 0 fully saturated rings. The van der Waals surface area contributed by atoms with Crippen molar-refractivity contribution in [2.75, 3.05) is 29.5 Å². The number of nitrogens with one attached hydrogen (secondary N) is 1. The Labute approximate surface area is 173 Å². The number of para-hydroxylation sites is 1. The number of amides is 1. The van der Waals surface area contributed by atoms with E-state index < -0.39 is 10.0 Å². The van der Waals surface area contributed by atoms with E-state index in [1.165, 1.54) is 11.4 Å². The predicted molar refractivity (Wildman–Crippen MR) is 118 cm³/mol. The fourth-order valence-electron chi connectivity index (χ4n) is 3.24. The summed E-state index contributed by atoms with van der Waals surface area (Å²) >= 11 is 0. The SMILES string of the molecule is CCc1cccc(CC)c1NC(=O)CCCN(c1cccc(OC)c1)S(C)(=O)=O. The van der Waals surface area contributed by atoms with Crippen molar-refractivity contribution in [3.8, 4) is 5.75 Å². The average Bonchev–Trinajstić information content (AvgIpc) is 2.70. The molecule has 0 unspecified atom stereocenters. The van der Waals surface area contributed by atoms with Crippen molar-refractivity contribution < 1.29 is 17.9 Å². The van der Waals surface area contributed by atoms with Crippen LogP contribution in [0, 0.1) is 0 Å². The molecule has 0 aromatic heterocycles. The Morgan fingerprint density at radius 2 is 1.69 bits per heavy atom. The summed E-state index contributed by atoms with van der Waals surface area (Å²) in [7, 11) is -1.94. The van der Waals surface area contributed by atoms with E-state index in [4.69, 9.17) is 4.74 Å². The van der Waals surface area contributed by atoms with Crippen molar-refractivity contribution in [2.24, 2.45) is 0 Å². The first-order chi connectivity index (χ1) is 13.8. The summed E-state index contributed by atoms with van der Waals surface area (Å²) in [5, 5.41) is 3.02. The molecule has 1 N–H and O–H groups in total. The first-order valence-corrected chi connectivity index (χ1v) is 11.7. The normalized spacial score (nSPS) is 11.2. The smallest absolute Gasteiger partial charge is 0.232 e. The van der Waals surface area contributed by atoms with Gasteiger partial charge in [-0.3, -0.25) is 9.10 Å². The van der Waals surface area contributed by atoms with Crippen molar-refractivity contribution in [2.45, 2.75) is 39.5 Å². The molecule has 0 aliphatic rings. The molecule has 2 aromatic rings. The van der Waals surface area contributed by atoms with Gasteiger partial charge in [0.15, 0.2) is 0 Å². The highest BCUT2D eigenvalue weighted by Gasteiger charge is 2.18. The molecule has 2 aromatic carbocycles. The minimum Gasteiger partial charge on any atom is -0.497 e. The number of anilines is 2. The second-order valence-electron chi connectivity index (χ2n) is 6.85. The van der Waals surface area contributed by atoms with Gasteiger partial charge in [-0.15, -0.1) is 0 Å². The van der Waals surface area contributed by atoms with Crippen LogP contribution < -0.4 is 14.4 Å². The van der Waals surface area contributed by atoms with Crippen LogP contribution in [0.25, 0.3) is 0 Å². The summed E-state index contributed by atoms with van der Waals surface area (Å²) in [6.45, 7) is 4.33. The van der Waals surface area contributed by atoms with Crippen molar-refractivity contribution >= 4 is 27.3 Å². The Kier molecular flexibility index (Phi) is 8.08. The fourth-order valence-corrected chi connectivity index (χ4v) is 4.20. The van der Waals surface area contributed by atoms with Gasteiger partial charge in [-0.25, -0.2) is 8.42 Å². The van der Waals surface area contributed by atoms with Crippen molar-refractivity contribution in [3.05, 3.63) is 53.6 Å². The van der Waals surface area contributed by atoms with Gasteiger partial charge in [0, 0.05) is 24.7 Å². The van der Waals surface area contributed by atoms with Gasteiger partial charge in [0.2, 0.25) is 15.9 Å². The summed E-state index contributed by atoms with van der Waals surface area (Å²) in [6, 6.07) is 12.9. The molecular formula is C22H30N2O4S. The van der Waals surface area contributed by atoms with Crippen LogP contribution in [-0.2, 0) is 27.7 Å². The molecule has 6 nitrogen and oxygen atoms in total. The number of hydrogen-bond acceptors (Lipinski definition) is 4. The molecule has 0 bridgehead atoms. The summed E-state index contributed by atoms with van der Waals surface area (Å²) in [4.78, 5) is 12.5. The lowest BCUT2D eigenvalue weighted by Gasteiger charge is -2.23. The largest absolute Gasteiger partial charge is 0.497 e. The number of rotatable bonds is 10. The van der Waals surface area contributed by atoms with Gasteiger partial charge in [-0.1, -0.05) is 38.1 Å². The zero-order chi connectivity index (χ0) is 21.4. The molecule has 158 valence electrons. The van der Waals surface area contributed by atoms with Crippen LogP contribution >= 0.6 is 0 Å². The first-order valence-electron chi connectivity index (χ1n) is 9.82.